The second kappa shape index (κ2) is 8.48. The summed E-state index contributed by atoms with van der Waals surface area (Å²) < 4.78 is 11.3. The number of methoxy groups -OCH3 is 1. The van der Waals surface area contributed by atoms with Gasteiger partial charge in [0.15, 0.2) is 5.75 Å². The molecule has 0 aliphatic heterocycles. The number of carbonyl (C=O) groups is 1. The van der Waals surface area contributed by atoms with Crippen LogP contribution in [-0.2, 0) is 4.74 Å². The second-order valence-corrected chi connectivity index (χ2v) is 6.97. The third kappa shape index (κ3) is 6.75. The Morgan fingerprint density at radius 2 is 2.00 bits per heavy atom. The Balaban J connectivity index is 2.38. The highest BCUT2D eigenvalue weighted by Crippen LogP contribution is 2.36. The molecule has 0 saturated heterocycles. The molecule has 124 valence electrons. The average Bonchev–Trinajstić information content (AvgIpc) is 2.35. The van der Waals surface area contributed by atoms with Gasteiger partial charge in [-0.05, 0) is 55.3 Å². The van der Waals surface area contributed by atoms with Crippen LogP contribution in [-0.4, -0.2) is 31.9 Å². The smallest absolute Gasteiger partial charge is 0.407 e. The molecule has 0 aliphatic carbocycles. The van der Waals surface area contributed by atoms with Crippen molar-refractivity contribution in [2.45, 2.75) is 32.8 Å². The molecule has 0 atom stereocenters. The van der Waals surface area contributed by atoms with Crippen LogP contribution in [0.2, 0.25) is 5.02 Å². The van der Waals surface area contributed by atoms with Crippen molar-refractivity contribution in [3.8, 4) is 5.75 Å². The number of carbonyl (C=O) groups excluding carboxylic acids is 1. The summed E-state index contributed by atoms with van der Waals surface area (Å²) in [4.78, 5) is 11.5. The number of halogens is 2. The van der Waals surface area contributed by atoms with E-state index in [-0.39, 0.29) is 0 Å². The van der Waals surface area contributed by atoms with Gasteiger partial charge in [-0.25, -0.2) is 4.79 Å². The normalized spacial score (nSPS) is 11.0. The number of nitrogens with one attached hydrogen (secondary N) is 2. The topological polar surface area (TPSA) is 59.6 Å². The second-order valence-electron chi connectivity index (χ2n) is 5.68. The zero-order valence-corrected chi connectivity index (χ0v) is 15.6. The molecule has 22 heavy (non-hydrogen) atoms. The molecule has 1 aromatic rings. The van der Waals surface area contributed by atoms with Crippen molar-refractivity contribution in [3.05, 3.63) is 21.6 Å². The van der Waals surface area contributed by atoms with E-state index in [1.165, 1.54) is 0 Å². The summed E-state index contributed by atoms with van der Waals surface area (Å²) in [7, 11) is 1.60. The maximum Gasteiger partial charge on any atom is 0.407 e. The van der Waals surface area contributed by atoms with Crippen LogP contribution in [0, 0.1) is 0 Å². The van der Waals surface area contributed by atoms with Gasteiger partial charge in [0.25, 0.3) is 0 Å². The highest BCUT2D eigenvalue weighted by Gasteiger charge is 2.15. The summed E-state index contributed by atoms with van der Waals surface area (Å²) in [6.45, 7) is 6.68. The van der Waals surface area contributed by atoms with E-state index in [1.54, 1.807) is 19.2 Å². The number of rotatable bonds is 6. The number of alkyl carbamates (subject to hydrolysis) is 1. The van der Waals surface area contributed by atoms with Gasteiger partial charge in [0.05, 0.1) is 17.3 Å². The minimum absolute atomic E-state index is 0.407. The van der Waals surface area contributed by atoms with E-state index in [1.807, 2.05) is 20.8 Å². The van der Waals surface area contributed by atoms with E-state index >= 15 is 0 Å². The SMILES string of the molecule is COc1c(Br)cc(Cl)cc1NCCCNC(=O)OC(C)(C)C. The Morgan fingerprint density at radius 1 is 1.32 bits per heavy atom. The lowest BCUT2D eigenvalue weighted by Gasteiger charge is -2.19. The standard InChI is InChI=1S/C15H22BrClN2O3/c1-15(2,3)22-14(20)19-7-5-6-18-12-9-10(17)8-11(16)13(12)21-4/h8-9,18H,5-7H2,1-4H3,(H,19,20). The van der Waals surface area contributed by atoms with Crippen molar-refractivity contribution in [1.29, 1.82) is 0 Å². The summed E-state index contributed by atoms with van der Waals surface area (Å²) in [5, 5.41) is 6.56. The number of ether oxygens (including phenoxy) is 2. The molecule has 0 spiro atoms. The molecule has 1 aromatic carbocycles. The lowest BCUT2D eigenvalue weighted by molar-refractivity contribution is 0.0528. The van der Waals surface area contributed by atoms with Gasteiger partial charge in [-0.1, -0.05) is 11.6 Å². The summed E-state index contributed by atoms with van der Waals surface area (Å²) in [5.74, 6) is 0.699. The van der Waals surface area contributed by atoms with Gasteiger partial charge in [-0.2, -0.15) is 0 Å². The molecule has 5 nitrogen and oxygen atoms in total. The van der Waals surface area contributed by atoms with Crippen molar-refractivity contribution < 1.29 is 14.3 Å². The minimum Gasteiger partial charge on any atom is -0.493 e. The van der Waals surface area contributed by atoms with E-state index in [2.05, 4.69) is 26.6 Å². The first kappa shape index (κ1) is 18.9. The third-order valence-electron chi connectivity index (χ3n) is 2.55. The molecule has 0 aromatic heterocycles. The molecule has 0 fully saturated rings. The first-order valence-electron chi connectivity index (χ1n) is 6.96. The molecular formula is C15H22BrClN2O3. The van der Waals surface area contributed by atoms with E-state index in [0.29, 0.717) is 23.9 Å². The van der Waals surface area contributed by atoms with Gasteiger partial charge in [0.1, 0.15) is 5.60 Å². The number of amides is 1. The Bertz CT molecular complexity index is 518. The molecule has 1 rings (SSSR count). The fourth-order valence-electron chi connectivity index (χ4n) is 1.72. The van der Waals surface area contributed by atoms with Crippen molar-refractivity contribution in [3.63, 3.8) is 0 Å². The molecule has 0 aliphatic rings. The van der Waals surface area contributed by atoms with Crippen molar-refractivity contribution in [2.24, 2.45) is 0 Å². The Kier molecular flexibility index (Phi) is 7.29. The van der Waals surface area contributed by atoms with Gasteiger partial charge in [0.2, 0.25) is 0 Å². The van der Waals surface area contributed by atoms with Crippen LogP contribution in [0.25, 0.3) is 0 Å². The van der Waals surface area contributed by atoms with Gasteiger partial charge < -0.3 is 20.1 Å². The predicted octanol–water partition coefficient (Wildman–Crippen LogP) is 4.44. The van der Waals surface area contributed by atoms with E-state index < -0.39 is 11.7 Å². The van der Waals surface area contributed by atoms with Crippen molar-refractivity contribution in [2.75, 3.05) is 25.5 Å². The third-order valence-corrected chi connectivity index (χ3v) is 3.36. The highest BCUT2D eigenvalue weighted by molar-refractivity contribution is 9.10. The first-order chi connectivity index (χ1) is 10.2. The van der Waals surface area contributed by atoms with Crippen LogP contribution in [0.15, 0.2) is 16.6 Å². The lowest BCUT2D eigenvalue weighted by Crippen LogP contribution is -2.33. The number of hydrogen-bond acceptors (Lipinski definition) is 4. The van der Waals surface area contributed by atoms with Crippen molar-refractivity contribution >= 4 is 39.3 Å². The van der Waals surface area contributed by atoms with E-state index in [0.717, 1.165) is 16.6 Å². The van der Waals surface area contributed by atoms with Crippen LogP contribution < -0.4 is 15.4 Å². The van der Waals surface area contributed by atoms with Crippen LogP contribution >= 0.6 is 27.5 Å². The largest absolute Gasteiger partial charge is 0.493 e. The quantitative estimate of drug-likeness (QED) is 0.702. The number of anilines is 1. The molecule has 0 bridgehead atoms. The minimum atomic E-state index is -0.483. The van der Waals surface area contributed by atoms with Crippen LogP contribution in [0.4, 0.5) is 10.5 Å². The average molecular weight is 394 g/mol. The van der Waals surface area contributed by atoms with Gasteiger partial charge in [-0.15, -0.1) is 0 Å². The maximum atomic E-state index is 11.5. The first-order valence-corrected chi connectivity index (χ1v) is 8.14. The monoisotopic (exact) mass is 392 g/mol. The summed E-state index contributed by atoms with van der Waals surface area (Å²) in [5.41, 5.74) is 0.321. The van der Waals surface area contributed by atoms with E-state index in [9.17, 15) is 4.79 Å². The molecular weight excluding hydrogens is 372 g/mol. The molecule has 0 unspecified atom stereocenters. The Hall–Kier alpha value is -1.14. The molecule has 1 amide bonds. The zero-order chi connectivity index (χ0) is 16.8. The van der Waals surface area contributed by atoms with Gasteiger partial charge in [-0.3, -0.25) is 0 Å². The lowest BCUT2D eigenvalue weighted by atomic mass is 10.2. The summed E-state index contributed by atoms with van der Waals surface area (Å²) in [6.07, 6.45) is 0.336. The zero-order valence-electron chi connectivity index (χ0n) is 13.3. The van der Waals surface area contributed by atoms with Crippen LogP contribution in [0.1, 0.15) is 27.2 Å². The molecule has 2 N–H and O–H groups in total. The highest BCUT2D eigenvalue weighted by atomic mass is 79.9. The predicted molar refractivity (Wildman–Crippen MR) is 93.0 cm³/mol. The maximum absolute atomic E-state index is 11.5. The fourth-order valence-corrected chi connectivity index (χ4v) is 2.69. The van der Waals surface area contributed by atoms with Crippen LogP contribution in [0.5, 0.6) is 5.75 Å². The Labute approximate surface area is 144 Å². The number of benzene rings is 1. The van der Waals surface area contributed by atoms with Crippen LogP contribution in [0.3, 0.4) is 0 Å². The summed E-state index contributed by atoms with van der Waals surface area (Å²) in [6, 6.07) is 3.57. The van der Waals surface area contributed by atoms with Gasteiger partial charge >= 0.3 is 6.09 Å². The van der Waals surface area contributed by atoms with Crippen molar-refractivity contribution in [1.82, 2.24) is 5.32 Å². The molecule has 0 radical (unpaired) electrons. The Morgan fingerprint density at radius 3 is 2.59 bits per heavy atom. The van der Waals surface area contributed by atoms with Gasteiger partial charge in [0, 0.05) is 18.1 Å². The number of hydrogen-bond donors (Lipinski definition) is 2. The molecule has 7 heteroatoms. The molecule has 0 heterocycles. The fraction of sp³-hybridized carbons (Fsp3) is 0.533. The van der Waals surface area contributed by atoms with E-state index in [4.69, 9.17) is 21.1 Å². The summed E-state index contributed by atoms with van der Waals surface area (Å²) >= 11 is 9.43. The molecule has 0 saturated carbocycles.